The highest BCUT2D eigenvalue weighted by atomic mass is 16.3. The fourth-order valence-electron chi connectivity index (χ4n) is 3.16. The van der Waals surface area contributed by atoms with E-state index in [9.17, 15) is 4.79 Å². The zero-order valence-corrected chi connectivity index (χ0v) is 14.3. The van der Waals surface area contributed by atoms with Crippen LogP contribution >= 0.6 is 0 Å². The van der Waals surface area contributed by atoms with Crippen LogP contribution in [0.5, 0.6) is 0 Å². The van der Waals surface area contributed by atoms with Gasteiger partial charge < -0.3 is 20.0 Å². The molecular weight excluding hydrogens is 328 g/mol. The van der Waals surface area contributed by atoms with Crippen LogP contribution in [0.1, 0.15) is 10.5 Å². The van der Waals surface area contributed by atoms with Crippen LogP contribution in [0.15, 0.2) is 65.3 Å². The summed E-state index contributed by atoms with van der Waals surface area (Å²) in [6, 6.07) is 17.6. The average molecular weight is 348 g/mol. The zero-order chi connectivity index (χ0) is 17.9. The number of nitrogens with two attached hydrogens (primary N) is 1. The Morgan fingerprint density at radius 3 is 2.38 bits per heavy atom. The van der Waals surface area contributed by atoms with Gasteiger partial charge in [-0.3, -0.25) is 4.79 Å². The van der Waals surface area contributed by atoms with Gasteiger partial charge in [-0.1, -0.05) is 30.3 Å². The number of rotatable bonds is 3. The Balaban J connectivity index is 1.44. The summed E-state index contributed by atoms with van der Waals surface area (Å²) in [5.41, 5.74) is 8.72. The minimum atomic E-state index is -0.109. The molecule has 2 N–H and O–H groups in total. The maximum absolute atomic E-state index is 12.7. The van der Waals surface area contributed by atoms with Gasteiger partial charge in [0.15, 0.2) is 5.69 Å². The van der Waals surface area contributed by atoms with Crippen molar-refractivity contribution >= 4 is 17.3 Å². The smallest absolute Gasteiger partial charge is 0.275 e. The Morgan fingerprint density at radius 1 is 0.962 bits per heavy atom. The molecule has 0 aliphatic carbocycles. The number of anilines is 2. The van der Waals surface area contributed by atoms with E-state index in [1.165, 1.54) is 12.0 Å². The number of amides is 1. The molecule has 6 heteroatoms. The highest BCUT2D eigenvalue weighted by Crippen LogP contribution is 2.25. The third-order valence-corrected chi connectivity index (χ3v) is 4.60. The van der Waals surface area contributed by atoms with E-state index < -0.39 is 0 Å². The van der Waals surface area contributed by atoms with E-state index in [2.05, 4.69) is 22.0 Å². The minimum Gasteiger partial charge on any atom is -0.444 e. The molecule has 1 saturated heterocycles. The van der Waals surface area contributed by atoms with Crippen molar-refractivity contribution in [2.75, 3.05) is 36.8 Å². The fourth-order valence-corrected chi connectivity index (χ4v) is 3.16. The second kappa shape index (κ2) is 6.92. The first kappa shape index (κ1) is 16.2. The largest absolute Gasteiger partial charge is 0.444 e. The van der Waals surface area contributed by atoms with Gasteiger partial charge in [0.2, 0.25) is 5.89 Å². The van der Waals surface area contributed by atoms with E-state index in [0.29, 0.717) is 35.9 Å². The molecule has 0 bridgehead atoms. The number of aromatic nitrogens is 1. The lowest BCUT2D eigenvalue weighted by atomic mass is 10.2. The molecule has 1 amide bonds. The van der Waals surface area contributed by atoms with Gasteiger partial charge in [0.1, 0.15) is 6.26 Å². The van der Waals surface area contributed by atoms with E-state index in [0.717, 1.165) is 13.1 Å². The maximum atomic E-state index is 12.7. The van der Waals surface area contributed by atoms with Crippen LogP contribution in [-0.2, 0) is 0 Å². The number of carbonyl (C=O) groups excluding carboxylic acids is 1. The van der Waals surface area contributed by atoms with Gasteiger partial charge in [-0.25, -0.2) is 4.98 Å². The van der Waals surface area contributed by atoms with Gasteiger partial charge in [-0.05, 0) is 24.3 Å². The molecule has 4 rings (SSSR count). The van der Waals surface area contributed by atoms with Crippen molar-refractivity contribution in [1.82, 2.24) is 9.88 Å². The normalized spacial score (nSPS) is 14.5. The Bertz CT molecular complexity index is 899. The minimum absolute atomic E-state index is 0.109. The topological polar surface area (TPSA) is 75.6 Å². The summed E-state index contributed by atoms with van der Waals surface area (Å²) < 4.78 is 5.48. The molecule has 2 heterocycles. The monoisotopic (exact) mass is 348 g/mol. The van der Waals surface area contributed by atoms with E-state index >= 15 is 0 Å². The molecule has 1 fully saturated rings. The van der Waals surface area contributed by atoms with Crippen molar-refractivity contribution in [1.29, 1.82) is 0 Å². The third kappa shape index (κ3) is 3.13. The first-order chi connectivity index (χ1) is 12.7. The van der Waals surface area contributed by atoms with Crippen molar-refractivity contribution < 1.29 is 9.21 Å². The fraction of sp³-hybridized carbons (Fsp3) is 0.200. The van der Waals surface area contributed by atoms with Gasteiger partial charge in [-0.2, -0.15) is 0 Å². The second-order valence-corrected chi connectivity index (χ2v) is 6.24. The summed E-state index contributed by atoms with van der Waals surface area (Å²) >= 11 is 0. The lowest BCUT2D eigenvalue weighted by Crippen LogP contribution is -2.48. The van der Waals surface area contributed by atoms with Gasteiger partial charge in [0.05, 0.1) is 5.56 Å². The van der Waals surface area contributed by atoms with Gasteiger partial charge >= 0.3 is 0 Å². The molecule has 0 unspecified atom stereocenters. The van der Waals surface area contributed by atoms with Gasteiger partial charge in [0.25, 0.3) is 5.91 Å². The number of hydrogen-bond donors (Lipinski definition) is 1. The molecule has 132 valence electrons. The number of piperazine rings is 1. The molecule has 1 aliphatic rings. The summed E-state index contributed by atoms with van der Waals surface area (Å²) in [5.74, 6) is 0.261. The SMILES string of the molecule is Nc1ccccc1-c1nc(C(=O)N2CCN(c3ccccc3)CC2)co1. The number of benzene rings is 2. The van der Waals surface area contributed by atoms with Crippen LogP contribution in [0.2, 0.25) is 0 Å². The molecule has 2 aromatic carbocycles. The molecule has 6 nitrogen and oxygen atoms in total. The van der Waals surface area contributed by atoms with Crippen LogP contribution in [0, 0.1) is 0 Å². The van der Waals surface area contributed by atoms with Crippen LogP contribution in [0.3, 0.4) is 0 Å². The number of carbonyl (C=O) groups is 1. The molecule has 0 radical (unpaired) electrons. The predicted octanol–water partition coefficient (Wildman–Crippen LogP) is 2.89. The summed E-state index contributed by atoms with van der Waals surface area (Å²) in [6.07, 6.45) is 1.41. The van der Waals surface area contributed by atoms with Gasteiger partial charge in [-0.15, -0.1) is 0 Å². The lowest BCUT2D eigenvalue weighted by molar-refractivity contribution is 0.0741. The number of nitrogen functional groups attached to an aromatic ring is 1. The molecule has 0 spiro atoms. The summed E-state index contributed by atoms with van der Waals surface area (Å²) in [7, 11) is 0. The number of nitrogens with zero attached hydrogens (tertiary/aromatic N) is 3. The standard InChI is InChI=1S/C20H20N4O2/c21-17-9-5-4-8-16(17)19-22-18(14-26-19)20(25)24-12-10-23(11-13-24)15-6-2-1-3-7-15/h1-9,14H,10-13,21H2. The Hall–Kier alpha value is -3.28. The van der Waals surface area contributed by atoms with Crippen LogP contribution in [-0.4, -0.2) is 42.0 Å². The summed E-state index contributed by atoms with van der Waals surface area (Å²) in [5, 5.41) is 0. The quantitative estimate of drug-likeness (QED) is 0.737. The van der Waals surface area contributed by atoms with E-state index in [4.69, 9.17) is 10.2 Å². The van der Waals surface area contributed by atoms with Crippen molar-refractivity contribution in [2.45, 2.75) is 0 Å². The zero-order valence-electron chi connectivity index (χ0n) is 14.3. The molecular formula is C20H20N4O2. The van der Waals surface area contributed by atoms with Crippen LogP contribution in [0.4, 0.5) is 11.4 Å². The highest BCUT2D eigenvalue weighted by Gasteiger charge is 2.25. The highest BCUT2D eigenvalue weighted by molar-refractivity contribution is 5.92. The summed E-state index contributed by atoms with van der Waals surface area (Å²) in [4.78, 5) is 21.2. The maximum Gasteiger partial charge on any atom is 0.275 e. The Morgan fingerprint density at radius 2 is 1.65 bits per heavy atom. The lowest BCUT2D eigenvalue weighted by Gasteiger charge is -2.35. The Labute approximate surface area is 151 Å². The number of hydrogen-bond acceptors (Lipinski definition) is 5. The van der Waals surface area contributed by atoms with Crippen molar-refractivity contribution in [3.05, 3.63) is 66.6 Å². The third-order valence-electron chi connectivity index (χ3n) is 4.60. The van der Waals surface area contributed by atoms with Gasteiger partial charge in [0, 0.05) is 37.6 Å². The van der Waals surface area contributed by atoms with Crippen molar-refractivity contribution in [3.8, 4) is 11.5 Å². The van der Waals surface area contributed by atoms with Crippen LogP contribution < -0.4 is 10.6 Å². The van der Waals surface area contributed by atoms with Crippen molar-refractivity contribution in [2.24, 2.45) is 0 Å². The average Bonchev–Trinajstić information content (AvgIpc) is 3.18. The van der Waals surface area contributed by atoms with Crippen molar-refractivity contribution in [3.63, 3.8) is 0 Å². The van der Waals surface area contributed by atoms with Crippen LogP contribution in [0.25, 0.3) is 11.5 Å². The first-order valence-corrected chi connectivity index (χ1v) is 8.62. The molecule has 1 aromatic heterocycles. The molecule has 1 aliphatic heterocycles. The summed E-state index contributed by atoms with van der Waals surface area (Å²) in [6.45, 7) is 2.91. The Kier molecular flexibility index (Phi) is 4.31. The number of para-hydroxylation sites is 2. The second-order valence-electron chi connectivity index (χ2n) is 6.24. The number of oxazole rings is 1. The molecule has 3 aromatic rings. The molecule has 0 atom stereocenters. The predicted molar refractivity (Wildman–Crippen MR) is 101 cm³/mol. The first-order valence-electron chi connectivity index (χ1n) is 8.62. The van der Waals surface area contributed by atoms with E-state index in [1.807, 2.05) is 41.3 Å². The molecule has 26 heavy (non-hydrogen) atoms. The van der Waals surface area contributed by atoms with E-state index in [1.54, 1.807) is 6.07 Å². The van der Waals surface area contributed by atoms with E-state index in [-0.39, 0.29) is 5.91 Å². The molecule has 0 saturated carbocycles.